The minimum absolute atomic E-state index is 0.00250. The minimum atomic E-state index is -0.0796. The Morgan fingerprint density at radius 1 is 1.47 bits per heavy atom. The largest absolute Gasteiger partial charge is 0.378 e. The van der Waals surface area contributed by atoms with E-state index in [1.165, 1.54) is 0 Å². The van der Waals surface area contributed by atoms with Gasteiger partial charge in [-0.2, -0.15) is 0 Å². The Morgan fingerprint density at radius 2 is 2.26 bits per heavy atom. The number of carbonyl (C=O) groups is 1. The number of amides is 1. The monoisotopic (exact) mass is 263 g/mol. The number of carbonyl (C=O) groups excluding carboxylic acids is 1. The molecule has 0 unspecified atom stereocenters. The van der Waals surface area contributed by atoms with Crippen molar-refractivity contribution in [3.8, 4) is 0 Å². The molecule has 2 heterocycles. The number of hydrogen-bond acceptors (Lipinski definition) is 4. The number of hydrogen-bond donors (Lipinski definition) is 1. The molecule has 5 nitrogen and oxygen atoms in total. The molecule has 1 fully saturated rings. The van der Waals surface area contributed by atoms with Crippen molar-refractivity contribution in [1.82, 2.24) is 4.98 Å². The summed E-state index contributed by atoms with van der Waals surface area (Å²) in [5.41, 5.74) is 1.01. The average Bonchev–Trinajstić information content (AvgIpc) is 2.39. The summed E-state index contributed by atoms with van der Waals surface area (Å²) in [7, 11) is 3.91. The highest BCUT2D eigenvalue weighted by atomic mass is 16.5. The molecular formula is C14H21N3O2. The maximum atomic E-state index is 12.2. The molecule has 5 heteroatoms. The second-order valence-electron chi connectivity index (χ2n) is 5.11. The lowest BCUT2D eigenvalue weighted by atomic mass is 9.94. The Hall–Kier alpha value is -1.62. The van der Waals surface area contributed by atoms with Crippen LogP contribution in [0.15, 0.2) is 18.3 Å². The van der Waals surface area contributed by atoms with Crippen molar-refractivity contribution in [3.63, 3.8) is 0 Å². The number of anilines is 2. The predicted octanol–water partition coefficient (Wildman–Crippen LogP) is 1.90. The van der Waals surface area contributed by atoms with E-state index in [9.17, 15) is 4.79 Å². The molecule has 1 N–H and O–H groups in total. The number of nitrogens with zero attached hydrogens (tertiary/aromatic N) is 2. The molecule has 0 saturated carbocycles. The third kappa shape index (κ3) is 3.44. The van der Waals surface area contributed by atoms with Crippen molar-refractivity contribution in [2.24, 2.45) is 5.92 Å². The molecule has 0 bridgehead atoms. The first-order chi connectivity index (χ1) is 9.08. The number of ether oxygens (including phenoxy) is 1. The zero-order chi connectivity index (χ0) is 13.8. The van der Waals surface area contributed by atoms with Gasteiger partial charge >= 0.3 is 0 Å². The predicted molar refractivity (Wildman–Crippen MR) is 75.3 cm³/mol. The standard InChI is InChI=1S/C14H21N3O2/c1-10-12(5-4-8-19-10)14(18)16-13-7-6-11(9-15-13)17(2)3/h6-7,9-10,12H,4-5,8H2,1-3H3,(H,15,16,18)/t10-,12+/m1/s1. The zero-order valence-corrected chi connectivity index (χ0v) is 11.7. The van der Waals surface area contributed by atoms with Crippen LogP contribution in [0, 0.1) is 5.92 Å². The van der Waals surface area contributed by atoms with Crippen LogP contribution in [-0.4, -0.2) is 37.7 Å². The van der Waals surface area contributed by atoms with E-state index in [0.29, 0.717) is 5.82 Å². The molecule has 0 radical (unpaired) electrons. The van der Waals surface area contributed by atoms with Gasteiger partial charge in [-0.15, -0.1) is 0 Å². The molecule has 2 rings (SSSR count). The first-order valence-electron chi connectivity index (χ1n) is 6.64. The molecule has 104 valence electrons. The van der Waals surface area contributed by atoms with Crippen LogP contribution < -0.4 is 10.2 Å². The number of rotatable bonds is 3. The topological polar surface area (TPSA) is 54.5 Å². The first-order valence-corrected chi connectivity index (χ1v) is 6.64. The molecule has 1 aromatic rings. The summed E-state index contributed by atoms with van der Waals surface area (Å²) in [6, 6.07) is 3.75. The van der Waals surface area contributed by atoms with Crippen LogP contribution in [0.3, 0.4) is 0 Å². The molecule has 1 saturated heterocycles. The van der Waals surface area contributed by atoms with E-state index in [1.54, 1.807) is 6.20 Å². The van der Waals surface area contributed by atoms with Crippen molar-refractivity contribution >= 4 is 17.4 Å². The fraction of sp³-hybridized carbons (Fsp3) is 0.571. The van der Waals surface area contributed by atoms with Gasteiger partial charge in [0.25, 0.3) is 0 Å². The van der Waals surface area contributed by atoms with Gasteiger partial charge in [-0.3, -0.25) is 4.79 Å². The first kappa shape index (κ1) is 13.8. The summed E-state index contributed by atoms with van der Waals surface area (Å²) >= 11 is 0. The van der Waals surface area contributed by atoms with Gasteiger partial charge in [0.1, 0.15) is 5.82 Å². The lowest BCUT2D eigenvalue weighted by Gasteiger charge is -2.27. The molecule has 0 aromatic carbocycles. The highest BCUT2D eigenvalue weighted by molar-refractivity contribution is 5.92. The van der Waals surface area contributed by atoms with Gasteiger partial charge in [0, 0.05) is 20.7 Å². The minimum Gasteiger partial charge on any atom is -0.378 e. The van der Waals surface area contributed by atoms with Gasteiger partial charge in [-0.05, 0) is 31.9 Å². The lowest BCUT2D eigenvalue weighted by molar-refractivity contribution is -0.127. The number of aromatic nitrogens is 1. The van der Waals surface area contributed by atoms with E-state index in [0.717, 1.165) is 25.1 Å². The number of nitrogens with one attached hydrogen (secondary N) is 1. The van der Waals surface area contributed by atoms with Crippen LogP contribution in [0.4, 0.5) is 11.5 Å². The molecule has 2 atom stereocenters. The fourth-order valence-electron chi connectivity index (χ4n) is 2.21. The second-order valence-corrected chi connectivity index (χ2v) is 5.11. The summed E-state index contributed by atoms with van der Waals surface area (Å²) in [6.45, 7) is 2.70. The second kappa shape index (κ2) is 6.02. The SMILES string of the molecule is C[C@H]1OCCC[C@@H]1C(=O)Nc1ccc(N(C)C)cn1. The Kier molecular flexibility index (Phi) is 4.37. The number of pyridine rings is 1. The smallest absolute Gasteiger partial charge is 0.231 e. The van der Waals surface area contributed by atoms with Gasteiger partial charge < -0.3 is 15.0 Å². The van der Waals surface area contributed by atoms with E-state index in [1.807, 2.05) is 38.1 Å². The van der Waals surface area contributed by atoms with E-state index in [2.05, 4.69) is 10.3 Å². The summed E-state index contributed by atoms with van der Waals surface area (Å²) in [6.07, 6.45) is 3.55. The highest BCUT2D eigenvalue weighted by Gasteiger charge is 2.28. The quantitative estimate of drug-likeness (QED) is 0.905. The van der Waals surface area contributed by atoms with Gasteiger partial charge in [0.05, 0.1) is 23.9 Å². The van der Waals surface area contributed by atoms with E-state index in [4.69, 9.17) is 4.74 Å². The van der Waals surface area contributed by atoms with E-state index < -0.39 is 0 Å². The van der Waals surface area contributed by atoms with Gasteiger partial charge in [0.15, 0.2) is 0 Å². The fourth-order valence-corrected chi connectivity index (χ4v) is 2.21. The van der Waals surface area contributed by atoms with E-state index in [-0.39, 0.29) is 17.9 Å². The molecule has 1 aliphatic rings. The maximum Gasteiger partial charge on any atom is 0.231 e. The van der Waals surface area contributed by atoms with Crippen molar-refractivity contribution < 1.29 is 9.53 Å². The third-order valence-electron chi connectivity index (χ3n) is 3.46. The van der Waals surface area contributed by atoms with Crippen molar-refractivity contribution in [2.45, 2.75) is 25.9 Å². The van der Waals surface area contributed by atoms with Gasteiger partial charge in [0.2, 0.25) is 5.91 Å². The summed E-state index contributed by atoms with van der Waals surface area (Å²) in [5, 5.41) is 2.86. The Bertz CT molecular complexity index is 431. The Morgan fingerprint density at radius 3 is 2.84 bits per heavy atom. The molecule has 0 spiro atoms. The van der Waals surface area contributed by atoms with Gasteiger partial charge in [-0.1, -0.05) is 0 Å². The van der Waals surface area contributed by atoms with Crippen molar-refractivity contribution in [2.75, 3.05) is 30.9 Å². The highest BCUT2D eigenvalue weighted by Crippen LogP contribution is 2.22. The van der Waals surface area contributed by atoms with E-state index >= 15 is 0 Å². The molecule has 19 heavy (non-hydrogen) atoms. The summed E-state index contributed by atoms with van der Waals surface area (Å²) in [4.78, 5) is 18.4. The van der Waals surface area contributed by atoms with Crippen LogP contribution >= 0.6 is 0 Å². The molecule has 1 amide bonds. The maximum absolute atomic E-state index is 12.2. The van der Waals surface area contributed by atoms with Gasteiger partial charge in [-0.25, -0.2) is 4.98 Å². The molecule has 1 aromatic heterocycles. The van der Waals surface area contributed by atoms with Crippen LogP contribution in [0.2, 0.25) is 0 Å². The van der Waals surface area contributed by atoms with Crippen molar-refractivity contribution in [1.29, 1.82) is 0 Å². The molecule has 0 aliphatic carbocycles. The van der Waals surface area contributed by atoms with Crippen LogP contribution in [0.1, 0.15) is 19.8 Å². The summed E-state index contributed by atoms with van der Waals surface area (Å²) < 4.78 is 5.51. The normalized spacial score (nSPS) is 22.9. The zero-order valence-electron chi connectivity index (χ0n) is 11.7. The Labute approximate surface area is 114 Å². The van der Waals surface area contributed by atoms with Crippen LogP contribution in [-0.2, 0) is 9.53 Å². The average molecular weight is 263 g/mol. The Balaban J connectivity index is 1.98. The lowest BCUT2D eigenvalue weighted by Crippen LogP contribution is -2.36. The third-order valence-corrected chi connectivity index (χ3v) is 3.46. The van der Waals surface area contributed by atoms with Crippen LogP contribution in [0.5, 0.6) is 0 Å². The molecule has 1 aliphatic heterocycles. The summed E-state index contributed by atoms with van der Waals surface area (Å²) in [5.74, 6) is 0.509. The van der Waals surface area contributed by atoms with Crippen molar-refractivity contribution in [3.05, 3.63) is 18.3 Å². The molecular weight excluding hydrogens is 242 g/mol. The van der Waals surface area contributed by atoms with Crippen LogP contribution in [0.25, 0.3) is 0 Å².